The quantitative estimate of drug-likeness (QED) is 0.500. The molecule has 1 aliphatic carbocycles. The van der Waals surface area contributed by atoms with Gasteiger partial charge in [-0.1, -0.05) is 46.9 Å². The molecule has 0 bridgehead atoms. The number of hydrogen-bond acceptors (Lipinski definition) is 1. The minimum absolute atomic E-state index is 0. The van der Waals surface area contributed by atoms with Crippen molar-refractivity contribution in [3.05, 3.63) is 65.8 Å². The van der Waals surface area contributed by atoms with Crippen LogP contribution in [0.15, 0.2) is 54.1 Å². The molecule has 0 heterocycles. The molecule has 0 fully saturated rings. The molecule has 0 radical (unpaired) electrons. The Morgan fingerprint density at radius 3 is 2.22 bits per heavy atom. The van der Waals surface area contributed by atoms with Gasteiger partial charge in [-0.3, -0.25) is 0 Å². The minimum atomic E-state index is -0.167. The number of fused-ring (bicyclic) bond motifs is 1. The Labute approximate surface area is 166 Å². The first-order valence-electron chi connectivity index (χ1n) is 7.03. The number of halogens is 2. The summed E-state index contributed by atoms with van der Waals surface area (Å²) >= 11 is 0. The van der Waals surface area contributed by atoms with Crippen LogP contribution in [0.4, 0.5) is 0 Å². The SMILES string of the molecule is CC(C)O.CC1=C(c2[c-]c3ccccc3cc2)CC=C1.Cl.Cl.[Ti]. The Morgan fingerprint density at radius 2 is 1.65 bits per heavy atom. The van der Waals surface area contributed by atoms with E-state index in [1.807, 2.05) is 0 Å². The van der Waals surface area contributed by atoms with Gasteiger partial charge < -0.3 is 5.11 Å². The fraction of sp³-hybridized carbons (Fsp3) is 0.263. The van der Waals surface area contributed by atoms with Gasteiger partial charge in [0, 0.05) is 27.8 Å². The first-order valence-corrected chi connectivity index (χ1v) is 7.03. The molecule has 0 unspecified atom stereocenters. The summed E-state index contributed by atoms with van der Waals surface area (Å²) in [6.45, 7) is 5.61. The van der Waals surface area contributed by atoms with Gasteiger partial charge in [-0.2, -0.15) is 0 Å². The van der Waals surface area contributed by atoms with Crippen LogP contribution >= 0.6 is 24.8 Å². The second-order valence-corrected chi connectivity index (χ2v) is 5.32. The van der Waals surface area contributed by atoms with Gasteiger partial charge in [0.05, 0.1) is 0 Å². The van der Waals surface area contributed by atoms with Gasteiger partial charge in [0.1, 0.15) is 0 Å². The van der Waals surface area contributed by atoms with Crippen molar-refractivity contribution in [1.29, 1.82) is 0 Å². The van der Waals surface area contributed by atoms with Crippen molar-refractivity contribution in [1.82, 2.24) is 0 Å². The Balaban J connectivity index is 0. The molecule has 0 saturated carbocycles. The molecule has 2 aromatic carbocycles. The van der Waals surface area contributed by atoms with Crippen molar-refractivity contribution >= 4 is 41.2 Å². The zero-order chi connectivity index (χ0) is 14.5. The summed E-state index contributed by atoms with van der Waals surface area (Å²) in [5.74, 6) is 0. The predicted molar refractivity (Wildman–Crippen MR) is 101 cm³/mol. The van der Waals surface area contributed by atoms with Crippen molar-refractivity contribution in [2.45, 2.75) is 33.3 Å². The van der Waals surface area contributed by atoms with Gasteiger partial charge in [-0.15, -0.1) is 60.0 Å². The molecular formula is C19H23Cl2OTi-. The maximum absolute atomic E-state index is 8.06. The fourth-order valence-corrected chi connectivity index (χ4v) is 2.23. The van der Waals surface area contributed by atoms with E-state index in [2.05, 4.69) is 61.5 Å². The molecule has 0 aliphatic heterocycles. The summed E-state index contributed by atoms with van der Waals surface area (Å²) in [6.07, 6.45) is 5.28. The van der Waals surface area contributed by atoms with Crippen molar-refractivity contribution in [2.75, 3.05) is 0 Å². The van der Waals surface area contributed by atoms with Crippen LogP contribution in [0.25, 0.3) is 16.3 Å². The first-order chi connectivity index (χ1) is 9.58. The third-order valence-electron chi connectivity index (χ3n) is 3.15. The molecule has 1 nitrogen and oxygen atoms in total. The summed E-state index contributed by atoms with van der Waals surface area (Å²) in [5, 5.41) is 10.5. The standard InChI is InChI=1S/C16H13.C3H8O.2ClH.Ti/c1-12-5-4-8-16(12)15-10-9-13-6-2-3-7-14(13)11-15;1-3(2)4;;;/h2-7,9-10H,8H2,1H3;3-4H,1-2H3;2*1H;/q-1;;;;. The summed E-state index contributed by atoms with van der Waals surface area (Å²) in [6, 6.07) is 16.2. The normalized spacial score (nSPS) is 12.0. The van der Waals surface area contributed by atoms with Crippen molar-refractivity contribution in [2.24, 2.45) is 0 Å². The van der Waals surface area contributed by atoms with E-state index in [9.17, 15) is 0 Å². The largest absolute Gasteiger partial charge is 0.394 e. The van der Waals surface area contributed by atoms with Crippen molar-refractivity contribution < 1.29 is 26.8 Å². The van der Waals surface area contributed by atoms with E-state index in [0.717, 1.165) is 6.42 Å². The van der Waals surface area contributed by atoms with E-state index in [1.165, 1.54) is 27.5 Å². The summed E-state index contributed by atoms with van der Waals surface area (Å²) in [7, 11) is 0. The molecule has 2 aromatic rings. The molecule has 0 spiro atoms. The average molecular weight is 386 g/mol. The topological polar surface area (TPSA) is 20.2 Å². The van der Waals surface area contributed by atoms with E-state index in [4.69, 9.17) is 5.11 Å². The van der Waals surface area contributed by atoms with Gasteiger partial charge in [0.25, 0.3) is 0 Å². The number of rotatable bonds is 1. The van der Waals surface area contributed by atoms with Crippen LogP contribution in [-0.4, -0.2) is 11.2 Å². The molecule has 0 amide bonds. The number of hydrogen-bond donors (Lipinski definition) is 1. The van der Waals surface area contributed by atoms with Gasteiger partial charge in [0.2, 0.25) is 0 Å². The third-order valence-corrected chi connectivity index (χ3v) is 3.15. The number of benzene rings is 2. The van der Waals surface area contributed by atoms with Crippen LogP contribution in [0, 0.1) is 6.07 Å². The van der Waals surface area contributed by atoms with E-state index in [0.29, 0.717) is 0 Å². The molecule has 1 aliphatic rings. The zero-order valence-corrected chi connectivity index (χ0v) is 16.9. The Morgan fingerprint density at radius 1 is 1.04 bits per heavy atom. The maximum atomic E-state index is 8.06. The fourth-order valence-electron chi connectivity index (χ4n) is 2.23. The minimum Gasteiger partial charge on any atom is -0.394 e. The Bertz CT molecular complexity index is 660. The number of aliphatic hydroxyl groups is 1. The Kier molecular flexibility index (Phi) is 12.8. The van der Waals surface area contributed by atoms with Crippen LogP contribution < -0.4 is 0 Å². The Hall–Kier alpha value is -0.566. The van der Waals surface area contributed by atoms with Crippen molar-refractivity contribution in [3.63, 3.8) is 0 Å². The summed E-state index contributed by atoms with van der Waals surface area (Å²) < 4.78 is 0. The molecule has 23 heavy (non-hydrogen) atoms. The van der Waals surface area contributed by atoms with Gasteiger partial charge in [0.15, 0.2) is 0 Å². The molecule has 124 valence electrons. The molecule has 0 atom stereocenters. The summed E-state index contributed by atoms with van der Waals surface area (Å²) in [4.78, 5) is 0. The van der Waals surface area contributed by atoms with E-state index >= 15 is 0 Å². The smallest absolute Gasteiger partial charge is 0.0483 e. The molecule has 1 N–H and O–H groups in total. The molecular weight excluding hydrogens is 363 g/mol. The van der Waals surface area contributed by atoms with E-state index < -0.39 is 0 Å². The van der Waals surface area contributed by atoms with Crippen LogP contribution in [-0.2, 0) is 21.7 Å². The second-order valence-electron chi connectivity index (χ2n) is 5.32. The van der Waals surface area contributed by atoms with Crippen molar-refractivity contribution in [3.8, 4) is 0 Å². The average Bonchev–Trinajstić information content (AvgIpc) is 2.84. The zero-order valence-electron chi connectivity index (χ0n) is 13.7. The number of aliphatic hydroxyl groups excluding tert-OH is 1. The first kappa shape index (κ1) is 24.7. The van der Waals surface area contributed by atoms with E-state index in [-0.39, 0.29) is 52.6 Å². The number of allylic oxidation sites excluding steroid dienone is 4. The van der Waals surface area contributed by atoms with Gasteiger partial charge >= 0.3 is 0 Å². The molecule has 4 heteroatoms. The van der Waals surface area contributed by atoms with Crippen LogP contribution in [0.1, 0.15) is 32.8 Å². The van der Waals surface area contributed by atoms with Gasteiger partial charge in [-0.25, -0.2) is 0 Å². The molecule has 3 rings (SSSR count). The molecule has 0 aromatic heterocycles. The predicted octanol–water partition coefficient (Wildman–Crippen LogP) is 5.60. The monoisotopic (exact) mass is 385 g/mol. The van der Waals surface area contributed by atoms with E-state index in [1.54, 1.807) is 13.8 Å². The maximum Gasteiger partial charge on any atom is 0.0483 e. The third kappa shape index (κ3) is 7.24. The van der Waals surface area contributed by atoms with Crippen LogP contribution in [0.5, 0.6) is 0 Å². The van der Waals surface area contributed by atoms with Crippen LogP contribution in [0.2, 0.25) is 0 Å². The molecule has 0 saturated heterocycles. The van der Waals surface area contributed by atoms with Gasteiger partial charge in [-0.05, 0) is 27.2 Å². The second kappa shape index (κ2) is 11.9. The van der Waals surface area contributed by atoms with Crippen LogP contribution in [0.3, 0.4) is 0 Å². The summed E-state index contributed by atoms with van der Waals surface area (Å²) in [5.41, 5.74) is 4.01.